The van der Waals surface area contributed by atoms with Crippen molar-refractivity contribution in [3.8, 4) is 0 Å². The van der Waals surface area contributed by atoms with Crippen molar-refractivity contribution in [2.24, 2.45) is 0 Å². The molecule has 0 radical (unpaired) electrons. The molecule has 0 unspecified atom stereocenters. The summed E-state index contributed by atoms with van der Waals surface area (Å²) in [6.45, 7) is 0.307. The van der Waals surface area contributed by atoms with E-state index < -0.39 is 5.97 Å². The molecule has 0 saturated heterocycles. The maximum absolute atomic E-state index is 12.3. The molecule has 4 nitrogen and oxygen atoms in total. The number of fused-ring (bicyclic) bond motifs is 1. The van der Waals surface area contributed by atoms with Crippen LogP contribution in [0, 0.1) is 0 Å². The maximum Gasteiger partial charge on any atom is 0.310 e. The molecule has 0 aromatic heterocycles. The first-order valence-electron chi connectivity index (χ1n) is 7.53. The average molecular weight is 364 g/mol. The first kappa shape index (κ1) is 16.8. The van der Waals surface area contributed by atoms with Gasteiger partial charge in [-0.05, 0) is 30.2 Å². The number of para-hydroxylation sites is 1. The van der Waals surface area contributed by atoms with E-state index in [2.05, 4.69) is 0 Å². The third-order valence-electron chi connectivity index (χ3n) is 3.93. The van der Waals surface area contributed by atoms with Gasteiger partial charge < -0.3 is 9.64 Å². The molecule has 0 N–H and O–H groups in total. The van der Waals surface area contributed by atoms with E-state index in [0.717, 1.165) is 17.7 Å². The summed E-state index contributed by atoms with van der Waals surface area (Å²) in [5.74, 6) is -0.774. The molecule has 2 aromatic carbocycles. The monoisotopic (exact) mass is 363 g/mol. The predicted molar refractivity (Wildman–Crippen MR) is 93.6 cm³/mol. The second-order valence-electron chi connectivity index (χ2n) is 5.46. The SMILES string of the molecule is O=C(Cc1c(Cl)cccc1Cl)OCC(=O)N1CCc2ccccc21. The number of rotatable bonds is 4. The molecule has 1 aliphatic heterocycles. The molecule has 0 spiro atoms. The number of carbonyl (C=O) groups excluding carboxylic acids is 2. The molecular formula is C18H15Cl2NO3. The number of halogens is 2. The van der Waals surface area contributed by atoms with Crippen molar-refractivity contribution >= 4 is 40.8 Å². The molecule has 1 aliphatic rings. The van der Waals surface area contributed by atoms with E-state index >= 15 is 0 Å². The molecule has 2 aromatic rings. The number of carbonyl (C=O) groups is 2. The van der Waals surface area contributed by atoms with Gasteiger partial charge in [-0.2, -0.15) is 0 Å². The molecule has 0 saturated carbocycles. The lowest BCUT2D eigenvalue weighted by Gasteiger charge is -2.17. The van der Waals surface area contributed by atoms with Gasteiger partial charge in [0.15, 0.2) is 6.61 Å². The molecule has 6 heteroatoms. The van der Waals surface area contributed by atoms with E-state index in [1.807, 2.05) is 24.3 Å². The lowest BCUT2D eigenvalue weighted by atomic mass is 10.1. The Morgan fingerprint density at radius 3 is 2.50 bits per heavy atom. The molecular weight excluding hydrogens is 349 g/mol. The van der Waals surface area contributed by atoms with Crippen LogP contribution in [0.4, 0.5) is 5.69 Å². The fourth-order valence-corrected chi connectivity index (χ4v) is 3.25. The second kappa shape index (κ2) is 7.24. The highest BCUT2D eigenvalue weighted by atomic mass is 35.5. The number of amides is 1. The second-order valence-corrected chi connectivity index (χ2v) is 6.28. The van der Waals surface area contributed by atoms with Gasteiger partial charge in [0.2, 0.25) is 0 Å². The van der Waals surface area contributed by atoms with Crippen LogP contribution in [-0.4, -0.2) is 25.0 Å². The third kappa shape index (κ3) is 3.55. The summed E-state index contributed by atoms with van der Waals surface area (Å²) in [6.07, 6.45) is 0.744. The van der Waals surface area contributed by atoms with Crippen LogP contribution < -0.4 is 4.90 Å². The van der Waals surface area contributed by atoms with Gasteiger partial charge in [0.05, 0.1) is 6.42 Å². The Kier molecular flexibility index (Phi) is 5.07. The Morgan fingerprint density at radius 2 is 1.75 bits per heavy atom. The summed E-state index contributed by atoms with van der Waals surface area (Å²) < 4.78 is 5.10. The lowest BCUT2D eigenvalue weighted by Crippen LogP contribution is -2.33. The largest absolute Gasteiger partial charge is 0.455 e. The molecule has 24 heavy (non-hydrogen) atoms. The number of esters is 1. The average Bonchev–Trinajstić information content (AvgIpc) is 3.00. The van der Waals surface area contributed by atoms with Crippen molar-refractivity contribution in [3.63, 3.8) is 0 Å². The van der Waals surface area contributed by atoms with Crippen LogP contribution >= 0.6 is 23.2 Å². The van der Waals surface area contributed by atoms with E-state index in [0.29, 0.717) is 22.2 Å². The molecule has 0 aliphatic carbocycles. The van der Waals surface area contributed by atoms with Gasteiger partial charge in [-0.25, -0.2) is 0 Å². The number of anilines is 1. The first-order chi connectivity index (χ1) is 11.6. The van der Waals surface area contributed by atoms with E-state index in [-0.39, 0.29) is 18.9 Å². The zero-order chi connectivity index (χ0) is 17.1. The van der Waals surface area contributed by atoms with E-state index in [1.165, 1.54) is 0 Å². The van der Waals surface area contributed by atoms with Gasteiger partial charge in [0, 0.05) is 27.8 Å². The van der Waals surface area contributed by atoms with Crippen LogP contribution in [0.5, 0.6) is 0 Å². The summed E-state index contributed by atoms with van der Waals surface area (Å²) >= 11 is 12.1. The minimum atomic E-state index is -0.536. The van der Waals surface area contributed by atoms with E-state index in [9.17, 15) is 9.59 Å². The fraction of sp³-hybridized carbons (Fsp3) is 0.222. The molecule has 1 heterocycles. The molecule has 0 fully saturated rings. The predicted octanol–water partition coefficient (Wildman–Crippen LogP) is 3.67. The van der Waals surface area contributed by atoms with Gasteiger partial charge in [-0.3, -0.25) is 9.59 Å². The highest BCUT2D eigenvalue weighted by Gasteiger charge is 2.25. The zero-order valence-electron chi connectivity index (χ0n) is 12.8. The van der Waals surface area contributed by atoms with Crippen LogP contribution in [0.2, 0.25) is 10.0 Å². The molecule has 1 amide bonds. The number of hydrogen-bond acceptors (Lipinski definition) is 3. The van der Waals surface area contributed by atoms with Crippen molar-refractivity contribution in [1.29, 1.82) is 0 Å². The number of hydrogen-bond donors (Lipinski definition) is 0. The highest BCUT2D eigenvalue weighted by molar-refractivity contribution is 6.36. The van der Waals surface area contributed by atoms with Crippen LogP contribution in [0.3, 0.4) is 0 Å². The standard InChI is InChI=1S/C18H15Cl2NO3/c19-14-5-3-6-15(20)13(14)10-18(23)24-11-17(22)21-9-8-12-4-1-2-7-16(12)21/h1-7H,8-11H2. The smallest absolute Gasteiger partial charge is 0.310 e. The topological polar surface area (TPSA) is 46.6 Å². The minimum absolute atomic E-state index is 0.0671. The van der Waals surface area contributed by atoms with Gasteiger partial charge in [-0.1, -0.05) is 47.5 Å². The Labute approximate surface area is 149 Å². The van der Waals surface area contributed by atoms with Crippen LogP contribution in [0.1, 0.15) is 11.1 Å². The van der Waals surface area contributed by atoms with Crippen molar-refractivity contribution in [1.82, 2.24) is 0 Å². The maximum atomic E-state index is 12.3. The van der Waals surface area contributed by atoms with Crippen LogP contribution in [0.25, 0.3) is 0 Å². The molecule has 3 rings (SSSR count). The minimum Gasteiger partial charge on any atom is -0.455 e. The molecule has 124 valence electrons. The Balaban J connectivity index is 1.58. The van der Waals surface area contributed by atoms with Crippen molar-refractivity contribution < 1.29 is 14.3 Å². The molecule has 0 atom stereocenters. The van der Waals surface area contributed by atoms with E-state index in [1.54, 1.807) is 23.1 Å². The van der Waals surface area contributed by atoms with E-state index in [4.69, 9.17) is 27.9 Å². The first-order valence-corrected chi connectivity index (χ1v) is 8.28. The summed E-state index contributed by atoms with van der Waals surface area (Å²) in [4.78, 5) is 25.9. The van der Waals surface area contributed by atoms with Crippen LogP contribution in [0.15, 0.2) is 42.5 Å². The Hall–Kier alpha value is -2.04. The number of ether oxygens (including phenoxy) is 1. The summed E-state index contributed by atoms with van der Waals surface area (Å²) in [7, 11) is 0. The van der Waals surface area contributed by atoms with Gasteiger partial charge >= 0.3 is 5.97 Å². The zero-order valence-corrected chi connectivity index (χ0v) is 14.3. The summed E-state index contributed by atoms with van der Waals surface area (Å²) in [6, 6.07) is 12.7. The van der Waals surface area contributed by atoms with Gasteiger partial charge in [-0.15, -0.1) is 0 Å². The third-order valence-corrected chi connectivity index (χ3v) is 4.64. The summed E-state index contributed by atoms with van der Waals surface area (Å²) in [5.41, 5.74) is 2.51. The Morgan fingerprint density at radius 1 is 1.04 bits per heavy atom. The van der Waals surface area contributed by atoms with Gasteiger partial charge in [0.1, 0.15) is 0 Å². The van der Waals surface area contributed by atoms with Crippen LogP contribution in [-0.2, 0) is 27.2 Å². The van der Waals surface area contributed by atoms with Crippen molar-refractivity contribution in [2.45, 2.75) is 12.8 Å². The van der Waals surface area contributed by atoms with Gasteiger partial charge in [0.25, 0.3) is 5.91 Å². The quantitative estimate of drug-likeness (QED) is 0.778. The van der Waals surface area contributed by atoms with Crippen molar-refractivity contribution in [2.75, 3.05) is 18.1 Å². The number of benzene rings is 2. The highest BCUT2D eigenvalue weighted by Crippen LogP contribution is 2.27. The number of nitrogens with zero attached hydrogens (tertiary/aromatic N) is 1. The Bertz CT molecular complexity index is 771. The summed E-state index contributed by atoms with van der Waals surface area (Å²) in [5, 5.41) is 0.804. The fourth-order valence-electron chi connectivity index (χ4n) is 2.71. The van der Waals surface area contributed by atoms with Crippen molar-refractivity contribution in [3.05, 3.63) is 63.6 Å². The lowest BCUT2D eigenvalue weighted by molar-refractivity contribution is -0.147. The molecule has 0 bridgehead atoms. The normalized spacial score (nSPS) is 12.8.